The molecule has 1 aromatic carbocycles. The molecule has 18 heavy (non-hydrogen) atoms. The van der Waals surface area contributed by atoms with Crippen LogP contribution in [-0.4, -0.2) is 16.7 Å². The first-order valence-corrected chi connectivity index (χ1v) is 6.31. The second-order valence-corrected chi connectivity index (χ2v) is 4.45. The third kappa shape index (κ3) is 2.76. The van der Waals surface area contributed by atoms with Gasteiger partial charge in [-0.1, -0.05) is 31.2 Å². The van der Waals surface area contributed by atoms with Crippen LogP contribution in [0, 0.1) is 6.92 Å². The van der Waals surface area contributed by atoms with E-state index in [4.69, 9.17) is 10.2 Å². The lowest BCUT2D eigenvalue weighted by Crippen LogP contribution is -2.16. The number of aryl methyl sites for hydroxylation is 2. The van der Waals surface area contributed by atoms with Crippen LogP contribution in [0.15, 0.2) is 28.7 Å². The van der Waals surface area contributed by atoms with Gasteiger partial charge in [-0.2, -0.15) is 0 Å². The van der Waals surface area contributed by atoms with E-state index in [2.05, 4.69) is 29.3 Å². The number of hydrogen-bond acceptors (Lipinski definition) is 4. The van der Waals surface area contributed by atoms with Gasteiger partial charge in [-0.05, 0) is 24.5 Å². The molecule has 0 aliphatic carbocycles. The second-order valence-electron chi connectivity index (χ2n) is 4.45. The van der Waals surface area contributed by atoms with Crippen molar-refractivity contribution in [2.24, 2.45) is 5.73 Å². The van der Waals surface area contributed by atoms with Gasteiger partial charge >= 0.3 is 0 Å². The van der Waals surface area contributed by atoms with E-state index in [0.29, 0.717) is 18.3 Å². The predicted octanol–water partition coefficient (Wildman–Crippen LogP) is 2.23. The van der Waals surface area contributed by atoms with Gasteiger partial charge < -0.3 is 10.2 Å². The molecule has 0 spiro atoms. The smallest absolute Gasteiger partial charge is 0.221 e. The molecule has 0 saturated carbocycles. The van der Waals surface area contributed by atoms with E-state index in [-0.39, 0.29) is 5.92 Å². The van der Waals surface area contributed by atoms with E-state index in [1.165, 1.54) is 11.1 Å². The van der Waals surface area contributed by atoms with Crippen molar-refractivity contribution in [2.45, 2.75) is 32.6 Å². The largest absolute Gasteiger partial charge is 0.425 e. The third-order valence-corrected chi connectivity index (χ3v) is 3.15. The molecule has 0 aliphatic rings. The first-order chi connectivity index (χ1) is 8.74. The highest BCUT2D eigenvalue weighted by Gasteiger charge is 2.18. The van der Waals surface area contributed by atoms with Crippen LogP contribution in [0.5, 0.6) is 0 Å². The van der Waals surface area contributed by atoms with Crippen LogP contribution in [0.3, 0.4) is 0 Å². The standard InChI is InChI=1S/C14H19N3O/c1-3-13-16-17-14(18-13)12(9-15)8-11-7-5-4-6-10(11)2/h4-7,12H,3,8-9,15H2,1-2H3. The highest BCUT2D eigenvalue weighted by molar-refractivity contribution is 5.27. The van der Waals surface area contributed by atoms with Crippen LogP contribution in [0.25, 0.3) is 0 Å². The van der Waals surface area contributed by atoms with Crippen LogP contribution in [-0.2, 0) is 12.8 Å². The summed E-state index contributed by atoms with van der Waals surface area (Å²) in [5.41, 5.74) is 8.38. The Kier molecular flexibility index (Phi) is 4.10. The summed E-state index contributed by atoms with van der Waals surface area (Å²) in [6, 6.07) is 8.31. The quantitative estimate of drug-likeness (QED) is 0.877. The van der Waals surface area contributed by atoms with Gasteiger partial charge in [-0.25, -0.2) is 0 Å². The first-order valence-electron chi connectivity index (χ1n) is 6.31. The molecule has 0 bridgehead atoms. The van der Waals surface area contributed by atoms with Crippen molar-refractivity contribution in [2.75, 3.05) is 6.54 Å². The molecule has 1 heterocycles. The molecular weight excluding hydrogens is 226 g/mol. The van der Waals surface area contributed by atoms with Crippen LogP contribution in [0.1, 0.15) is 35.7 Å². The summed E-state index contributed by atoms with van der Waals surface area (Å²) in [5.74, 6) is 1.42. The van der Waals surface area contributed by atoms with Crippen molar-refractivity contribution < 1.29 is 4.42 Å². The van der Waals surface area contributed by atoms with Gasteiger partial charge in [0.05, 0.1) is 5.92 Å². The van der Waals surface area contributed by atoms with E-state index in [0.717, 1.165) is 12.8 Å². The molecule has 0 saturated heterocycles. The van der Waals surface area contributed by atoms with Crippen molar-refractivity contribution in [1.29, 1.82) is 0 Å². The lowest BCUT2D eigenvalue weighted by Gasteiger charge is -2.12. The Balaban J connectivity index is 2.17. The highest BCUT2D eigenvalue weighted by Crippen LogP contribution is 2.21. The molecule has 1 aromatic heterocycles. The molecule has 1 unspecified atom stereocenters. The van der Waals surface area contributed by atoms with Crippen LogP contribution in [0.2, 0.25) is 0 Å². The zero-order valence-electron chi connectivity index (χ0n) is 10.9. The Morgan fingerprint density at radius 1 is 1.28 bits per heavy atom. The molecule has 0 aliphatic heterocycles. The summed E-state index contributed by atoms with van der Waals surface area (Å²) in [4.78, 5) is 0. The third-order valence-electron chi connectivity index (χ3n) is 3.15. The molecule has 0 amide bonds. The molecular formula is C14H19N3O. The highest BCUT2D eigenvalue weighted by atomic mass is 16.4. The van der Waals surface area contributed by atoms with E-state index < -0.39 is 0 Å². The summed E-state index contributed by atoms with van der Waals surface area (Å²) in [6.45, 7) is 4.62. The van der Waals surface area contributed by atoms with E-state index >= 15 is 0 Å². The Labute approximate surface area is 107 Å². The SMILES string of the molecule is CCc1nnc(C(CN)Cc2ccccc2C)o1. The summed E-state index contributed by atoms with van der Waals surface area (Å²) in [7, 11) is 0. The minimum absolute atomic E-state index is 0.0962. The number of nitrogens with zero attached hydrogens (tertiary/aromatic N) is 2. The summed E-state index contributed by atoms with van der Waals surface area (Å²) < 4.78 is 5.60. The molecule has 4 nitrogen and oxygen atoms in total. The maximum Gasteiger partial charge on any atom is 0.221 e. The molecule has 0 radical (unpaired) electrons. The molecule has 96 valence electrons. The van der Waals surface area contributed by atoms with Gasteiger partial charge in [0, 0.05) is 13.0 Å². The van der Waals surface area contributed by atoms with Gasteiger partial charge in [0.1, 0.15) is 0 Å². The first kappa shape index (κ1) is 12.8. The minimum atomic E-state index is 0.0962. The van der Waals surface area contributed by atoms with Gasteiger partial charge in [-0.3, -0.25) is 0 Å². The fourth-order valence-electron chi connectivity index (χ4n) is 1.95. The Bertz CT molecular complexity index is 507. The Morgan fingerprint density at radius 3 is 2.67 bits per heavy atom. The summed E-state index contributed by atoms with van der Waals surface area (Å²) in [5, 5.41) is 8.08. The number of benzene rings is 1. The zero-order valence-corrected chi connectivity index (χ0v) is 10.9. The predicted molar refractivity (Wildman–Crippen MR) is 70.4 cm³/mol. The van der Waals surface area contributed by atoms with Crippen molar-refractivity contribution >= 4 is 0 Å². The summed E-state index contributed by atoms with van der Waals surface area (Å²) >= 11 is 0. The molecule has 1 atom stereocenters. The lowest BCUT2D eigenvalue weighted by atomic mass is 9.96. The van der Waals surface area contributed by atoms with Crippen molar-refractivity contribution in [3.05, 3.63) is 47.2 Å². The van der Waals surface area contributed by atoms with E-state index in [1.54, 1.807) is 0 Å². The number of nitrogens with two attached hydrogens (primary N) is 1. The normalized spacial score (nSPS) is 12.6. The molecule has 2 rings (SSSR count). The second kappa shape index (κ2) is 5.78. The van der Waals surface area contributed by atoms with E-state index in [1.807, 2.05) is 19.1 Å². The monoisotopic (exact) mass is 245 g/mol. The van der Waals surface area contributed by atoms with Crippen molar-refractivity contribution in [3.8, 4) is 0 Å². The molecule has 2 N–H and O–H groups in total. The van der Waals surface area contributed by atoms with Gasteiger partial charge in [-0.15, -0.1) is 10.2 Å². The maximum absolute atomic E-state index is 5.83. The molecule has 2 aromatic rings. The fourth-order valence-corrected chi connectivity index (χ4v) is 1.95. The van der Waals surface area contributed by atoms with Crippen LogP contribution >= 0.6 is 0 Å². The van der Waals surface area contributed by atoms with Gasteiger partial charge in [0.2, 0.25) is 11.8 Å². The molecule has 4 heteroatoms. The Hall–Kier alpha value is -1.68. The number of rotatable bonds is 5. The van der Waals surface area contributed by atoms with Crippen LogP contribution < -0.4 is 5.73 Å². The maximum atomic E-state index is 5.83. The zero-order chi connectivity index (χ0) is 13.0. The minimum Gasteiger partial charge on any atom is -0.425 e. The fraction of sp³-hybridized carbons (Fsp3) is 0.429. The number of aromatic nitrogens is 2. The van der Waals surface area contributed by atoms with E-state index in [9.17, 15) is 0 Å². The lowest BCUT2D eigenvalue weighted by molar-refractivity contribution is 0.417. The van der Waals surface area contributed by atoms with Gasteiger partial charge in [0.15, 0.2) is 0 Å². The number of hydrogen-bond donors (Lipinski definition) is 1. The molecule has 0 fully saturated rings. The Morgan fingerprint density at radius 2 is 2.06 bits per heavy atom. The summed E-state index contributed by atoms with van der Waals surface area (Å²) in [6.07, 6.45) is 1.60. The van der Waals surface area contributed by atoms with Gasteiger partial charge in [0.25, 0.3) is 0 Å². The van der Waals surface area contributed by atoms with Crippen LogP contribution in [0.4, 0.5) is 0 Å². The topological polar surface area (TPSA) is 64.9 Å². The average molecular weight is 245 g/mol. The average Bonchev–Trinajstić information content (AvgIpc) is 2.86. The van der Waals surface area contributed by atoms with Crippen molar-refractivity contribution in [1.82, 2.24) is 10.2 Å². The van der Waals surface area contributed by atoms with Crippen molar-refractivity contribution in [3.63, 3.8) is 0 Å².